The van der Waals surface area contributed by atoms with Crippen molar-refractivity contribution in [1.82, 2.24) is 0 Å². The van der Waals surface area contributed by atoms with Crippen LogP contribution in [0.3, 0.4) is 0 Å². The van der Waals surface area contributed by atoms with Crippen molar-refractivity contribution in [1.29, 1.82) is 0 Å². The summed E-state index contributed by atoms with van der Waals surface area (Å²) in [5, 5.41) is 3.39. The fourth-order valence-electron chi connectivity index (χ4n) is 2.11. The number of anilines is 1. The zero-order valence-electron chi connectivity index (χ0n) is 11.6. The van der Waals surface area contributed by atoms with Crippen LogP contribution in [-0.2, 0) is 0 Å². The lowest BCUT2D eigenvalue weighted by atomic mass is 10.2. The van der Waals surface area contributed by atoms with E-state index in [0.29, 0.717) is 41.0 Å². The molecule has 1 heterocycles. The number of fused-ring (bicyclic) bond motifs is 1. The molecule has 0 saturated heterocycles. The molecule has 0 atom stereocenters. The number of halogens is 2. The Morgan fingerprint density at radius 3 is 2.68 bits per heavy atom. The smallest absolute Gasteiger partial charge is 0.256 e. The number of hydrogen-bond acceptors (Lipinski definition) is 3. The molecule has 0 spiro atoms. The summed E-state index contributed by atoms with van der Waals surface area (Å²) < 4.78 is 12.0. The molecular formula is C16H13ClINO3. The van der Waals surface area contributed by atoms with E-state index in [1.54, 1.807) is 30.3 Å². The van der Waals surface area contributed by atoms with E-state index >= 15 is 0 Å². The summed E-state index contributed by atoms with van der Waals surface area (Å²) >= 11 is 8.07. The van der Waals surface area contributed by atoms with E-state index in [9.17, 15) is 4.79 Å². The van der Waals surface area contributed by atoms with Gasteiger partial charge in [-0.15, -0.1) is 0 Å². The molecule has 2 aromatic carbocycles. The number of hydrogen-bond donors (Lipinski definition) is 1. The standard InChI is InChI=1S/C16H13ClINO3/c17-10-2-4-13(18)12(8-10)16(20)19-11-3-5-14-15(9-11)22-7-1-6-21-14/h2-5,8-9H,1,6-7H2,(H,19,20). The van der Waals surface area contributed by atoms with E-state index in [0.717, 1.165) is 9.99 Å². The van der Waals surface area contributed by atoms with Crippen molar-refractivity contribution in [3.8, 4) is 11.5 Å². The van der Waals surface area contributed by atoms with Gasteiger partial charge in [0.25, 0.3) is 5.91 Å². The van der Waals surface area contributed by atoms with Crippen LogP contribution < -0.4 is 14.8 Å². The molecule has 1 aliphatic rings. The van der Waals surface area contributed by atoms with Gasteiger partial charge in [-0.25, -0.2) is 0 Å². The van der Waals surface area contributed by atoms with Crippen molar-refractivity contribution in [2.75, 3.05) is 18.5 Å². The predicted octanol–water partition coefficient (Wildman–Crippen LogP) is 4.36. The van der Waals surface area contributed by atoms with E-state index in [1.807, 2.05) is 6.07 Å². The van der Waals surface area contributed by atoms with Gasteiger partial charge in [0.2, 0.25) is 0 Å². The van der Waals surface area contributed by atoms with Crippen molar-refractivity contribution >= 4 is 45.8 Å². The molecule has 6 heteroatoms. The van der Waals surface area contributed by atoms with Crippen LogP contribution >= 0.6 is 34.2 Å². The monoisotopic (exact) mass is 429 g/mol. The average Bonchev–Trinajstić information content (AvgIpc) is 2.74. The molecule has 0 radical (unpaired) electrons. The van der Waals surface area contributed by atoms with Gasteiger partial charge in [0.15, 0.2) is 11.5 Å². The van der Waals surface area contributed by atoms with Gasteiger partial charge >= 0.3 is 0 Å². The lowest BCUT2D eigenvalue weighted by molar-refractivity contribution is 0.102. The Morgan fingerprint density at radius 1 is 1.09 bits per heavy atom. The molecule has 0 unspecified atom stereocenters. The maximum Gasteiger partial charge on any atom is 0.256 e. The van der Waals surface area contributed by atoms with Gasteiger partial charge in [0.05, 0.1) is 18.8 Å². The Labute approximate surface area is 146 Å². The highest BCUT2D eigenvalue weighted by molar-refractivity contribution is 14.1. The van der Waals surface area contributed by atoms with Crippen LogP contribution in [-0.4, -0.2) is 19.1 Å². The molecule has 1 aliphatic heterocycles. The van der Waals surface area contributed by atoms with Gasteiger partial charge in [0, 0.05) is 26.8 Å². The Hall–Kier alpha value is -1.47. The van der Waals surface area contributed by atoms with Gasteiger partial charge in [0.1, 0.15) is 0 Å². The van der Waals surface area contributed by atoms with Crippen molar-refractivity contribution in [3.63, 3.8) is 0 Å². The van der Waals surface area contributed by atoms with Crippen LogP contribution in [0.15, 0.2) is 36.4 Å². The number of nitrogens with one attached hydrogen (secondary N) is 1. The first-order valence-corrected chi connectivity index (χ1v) is 8.25. The first-order valence-electron chi connectivity index (χ1n) is 6.79. The number of amides is 1. The summed E-state index contributed by atoms with van der Waals surface area (Å²) in [4.78, 5) is 12.4. The maximum absolute atomic E-state index is 12.4. The minimum absolute atomic E-state index is 0.207. The second kappa shape index (κ2) is 6.75. The highest BCUT2D eigenvalue weighted by Gasteiger charge is 2.14. The van der Waals surface area contributed by atoms with Gasteiger partial charge in [-0.3, -0.25) is 4.79 Å². The molecular weight excluding hydrogens is 417 g/mol. The van der Waals surface area contributed by atoms with Crippen LogP contribution in [0, 0.1) is 3.57 Å². The summed E-state index contributed by atoms with van der Waals surface area (Å²) in [5.74, 6) is 1.14. The highest BCUT2D eigenvalue weighted by Crippen LogP contribution is 2.32. The number of benzene rings is 2. The number of carbonyl (C=O) groups excluding carboxylic acids is 1. The van der Waals surface area contributed by atoms with Crippen LogP contribution in [0.1, 0.15) is 16.8 Å². The maximum atomic E-state index is 12.4. The molecule has 0 fully saturated rings. The third-order valence-electron chi connectivity index (χ3n) is 3.18. The zero-order valence-corrected chi connectivity index (χ0v) is 14.5. The largest absolute Gasteiger partial charge is 0.490 e. The molecule has 1 N–H and O–H groups in total. The first kappa shape index (κ1) is 15.4. The van der Waals surface area contributed by atoms with Gasteiger partial charge in [-0.05, 0) is 52.9 Å². The van der Waals surface area contributed by atoms with Gasteiger partial charge < -0.3 is 14.8 Å². The van der Waals surface area contributed by atoms with E-state index in [4.69, 9.17) is 21.1 Å². The van der Waals surface area contributed by atoms with E-state index < -0.39 is 0 Å². The van der Waals surface area contributed by atoms with Crippen LogP contribution in [0.4, 0.5) is 5.69 Å². The van der Waals surface area contributed by atoms with Crippen molar-refractivity contribution in [2.24, 2.45) is 0 Å². The molecule has 2 aromatic rings. The summed E-state index contributed by atoms with van der Waals surface area (Å²) in [6, 6.07) is 10.6. The minimum Gasteiger partial charge on any atom is -0.490 e. The van der Waals surface area contributed by atoms with E-state index in [2.05, 4.69) is 27.9 Å². The fraction of sp³-hybridized carbons (Fsp3) is 0.188. The molecule has 4 nitrogen and oxygen atoms in total. The fourth-order valence-corrected chi connectivity index (χ4v) is 2.86. The molecule has 0 saturated carbocycles. The van der Waals surface area contributed by atoms with E-state index in [-0.39, 0.29) is 5.91 Å². The lowest BCUT2D eigenvalue weighted by Crippen LogP contribution is -2.13. The second-order valence-corrected chi connectivity index (χ2v) is 6.39. The summed E-state index contributed by atoms with van der Waals surface area (Å²) in [6.07, 6.45) is 0.844. The second-order valence-electron chi connectivity index (χ2n) is 4.79. The quantitative estimate of drug-likeness (QED) is 0.722. The normalized spacial score (nSPS) is 13.4. The lowest BCUT2D eigenvalue weighted by Gasteiger charge is -2.11. The number of carbonyl (C=O) groups is 1. The number of ether oxygens (including phenoxy) is 2. The van der Waals surface area contributed by atoms with Crippen molar-refractivity contribution in [3.05, 3.63) is 50.6 Å². The Kier molecular flexibility index (Phi) is 4.73. The molecule has 22 heavy (non-hydrogen) atoms. The van der Waals surface area contributed by atoms with Gasteiger partial charge in [-0.2, -0.15) is 0 Å². The Morgan fingerprint density at radius 2 is 1.86 bits per heavy atom. The van der Waals surface area contributed by atoms with Crippen molar-refractivity contribution < 1.29 is 14.3 Å². The van der Waals surface area contributed by atoms with E-state index in [1.165, 1.54) is 0 Å². The summed E-state index contributed by atoms with van der Waals surface area (Å²) in [7, 11) is 0. The average molecular weight is 430 g/mol. The summed E-state index contributed by atoms with van der Waals surface area (Å²) in [6.45, 7) is 1.25. The molecule has 3 rings (SSSR count). The Bertz CT molecular complexity index is 721. The highest BCUT2D eigenvalue weighted by atomic mass is 127. The predicted molar refractivity (Wildman–Crippen MR) is 94.2 cm³/mol. The van der Waals surface area contributed by atoms with Crippen LogP contribution in [0.5, 0.6) is 11.5 Å². The molecule has 0 aromatic heterocycles. The van der Waals surface area contributed by atoms with Crippen LogP contribution in [0.2, 0.25) is 5.02 Å². The summed E-state index contributed by atoms with van der Waals surface area (Å²) in [5.41, 5.74) is 1.20. The first-order chi connectivity index (χ1) is 10.6. The van der Waals surface area contributed by atoms with Crippen LogP contribution in [0.25, 0.3) is 0 Å². The molecule has 0 aliphatic carbocycles. The SMILES string of the molecule is O=C(Nc1ccc2c(c1)OCCCO2)c1cc(Cl)ccc1I. The topological polar surface area (TPSA) is 47.6 Å². The molecule has 0 bridgehead atoms. The molecule has 1 amide bonds. The zero-order chi connectivity index (χ0) is 15.5. The Balaban J connectivity index is 1.82. The van der Waals surface area contributed by atoms with Crippen molar-refractivity contribution in [2.45, 2.75) is 6.42 Å². The third-order valence-corrected chi connectivity index (χ3v) is 4.35. The third kappa shape index (κ3) is 3.47. The minimum atomic E-state index is -0.207. The van der Waals surface area contributed by atoms with Gasteiger partial charge in [-0.1, -0.05) is 11.6 Å². The number of rotatable bonds is 2. The molecule has 114 valence electrons.